The number of hydrogen-bond acceptors (Lipinski definition) is 5. The van der Waals surface area contributed by atoms with Crippen molar-refractivity contribution in [3.8, 4) is 11.5 Å². The van der Waals surface area contributed by atoms with Crippen molar-refractivity contribution >= 4 is 5.82 Å². The SMILES string of the molecule is Nc1ncccc1C(N)C1COc2ccccc2O1. The van der Waals surface area contributed by atoms with Gasteiger partial charge in [0, 0.05) is 11.8 Å². The standard InChI is InChI=1S/C14H15N3O2/c15-13(9-4-3-7-17-14(9)16)12-8-18-10-5-1-2-6-11(10)19-12/h1-7,12-13H,8,15H2,(H2,16,17). The van der Waals surface area contributed by atoms with Crippen LogP contribution in [0.3, 0.4) is 0 Å². The second kappa shape index (κ2) is 4.78. The van der Waals surface area contributed by atoms with E-state index < -0.39 is 0 Å². The maximum absolute atomic E-state index is 6.20. The normalized spacial score (nSPS) is 18.9. The lowest BCUT2D eigenvalue weighted by Gasteiger charge is -2.30. The fourth-order valence-electron chi connectivity index (χ4n) is 2.12. The highest BCUT2D eigenvalue weighted by atomic mass is 16.6. The van der Waals surface area contributed by atoms with Crippen LogP contribution in [0, 0.1) is 0 Å². The molecule has 2 aromatic rings. The monoisotopic (exact) mass is 257 g/mol. The number of nitrogens with zero attached hydrogens (tertiary/aromatic N) is 1. The summed E-state index contributed by atoms with van der Waals surface area (Å²) in [4.78, 5) is 4.04. The van der Waals surface area contributed by atoms with Crippen molar-refractivity contribution in [1.82, 2.24) is 4.98 Å². The van der Waals surface area contributed by atoms with Gasteiger partial charge in [-0.1, -0.05) is 18.2 Å². The average Bonchev–Trinajstić information content (AvgIpc) is 2.46. The van der Waals surface area contributed by atoms with Gasteiger partial charge in [-0.2, -0.15) is 0 Å². The quantitative estimate of drug-likeness (QED) is 0.851. The molecular formula is C14H15N3O2. The fourth-order valence-corrected chi connectivity index (χ4v) is 2.12. The lowest BCUT2D eigenvalue weighted by Crippen LogP contribution is -2.39. The predicted molar refractivity (Wildman–Crippen MR) is 71.9 cm³/mol. The zero-order valence-corrected chi connectivity index (χ0v) is 10.3. The van der Waals surface area contributed by atoms with Crippen molar-refractivity contribution in [3.05, 3.63) is 48.2 Å². The van der Waals surface area contributed by atoms with E-state index in [1.165, 1.54) is 0 Å². The fraction of sp³-hybridized carbons (Fsp3) is 0.214. The Morgan fingerprint density at radius 1 is 1.16 bits per heavy atom. The van der Waals surface area contributed by atoms with Gasteiger partial charge in [-0.3, -0.25) is 0 Å². The van der Waals surface area contributed by atoms with Crippen molar-refractivity contribution in [3.63, 3.8) is 0 Å². The zero-order chi connectivity index (χ0) is 13.2. The van der Waals surface area contributed by atoms with E-state index in [4.69, 9.17) is 20.9 Å². The van der Waals surface area contributed by atoms with Gasteiger partial charge in [0.1, 0.15) is 12.4 Å². The van der Waals surface area contributed by atoms with Gasteiger partial charge < -0.3 is 20.9 Å². The van der Waals surface area contributed by atoms with E-state index in [1.54, 1.807) is 6.20 Å². The van der Waals surface area contributed by atoms with Crippen LogP contribution >= 0.6 is 0 Å². The van der Waals surface area contributed by atoms with Crippen LogP contribution in [0.1, 0.15) is 11.6 Å². The summed E-state index contributed by atoms with van der Waals surface area (Å²) in [5.41, 5.74) is 12.8. The Labute approximate surface area is 111 Å². The molecule has 0 saturated carbocycles. The van der Waals surface area contributed by atoms with Crippen molar-refractivity contribution in [1.29, 1.82) is 0 Å². The molecule has 1 aromatic heterocycles. The van der Waals surface area contributed by atoms with Crippen LogP contribution in [0.2, 0.25) is 0 Å². The smallest absolute Gasteiger partial charge is 0.161 e. The number of para-hydroxylation sites is 2. The van der Waals surface area contributed by atoms with Gasteiger partial charge in [0.05, 0.1) is 6.04 Å². The van der Waals surface area contributed by atoms with Crippen LogP contribution in [0.4, 0.5) is 5.82 Å². The number of benzene rings is 1. The van der Waals surface area contributed by atoms with Crippen molar-refractivity contribution in [2.75, 3.05) is 12.3 Å². The Hall–Kier alpha value is -2.27. The molecule has 98 valence electrons. The lowest BCUT2D eigenvalue weighted by atomic mass is 10.0. The van der Waals surface area contributed by atoms with Gasteiger partial charge >= 0.3 is 0 Å². The molecule has 2 unspecified atom stereocenters. The van der Waals surface area contributed by atoms with Gasteiger partial charge in [-0.05, 0) is 18.2 Å². The number of nitrogen functional groups attached to an aromatic ring is 1. The third-order valence-electron chi connectivity index (χ3n) is 3.16. The maximum Gasteiger partial charge on any atom is 0.161 e. The van der Waals surface area contributed by atoms with Crippen LogP contribution in [0.25, 0.3) is 0 Å². The minimum absolute atomic E-state index is 0.276. The highest BCUT2D eigenvalue weighted by Gasteiger charge is 2.28. The van der Waals surface area contributed by atoms with Crippen molar-refractivity contribution < 1.29 is 9.47 Å². The van der Waals surface area contributed by atoms with E-state index in [2.05, 4.69) is 4.98 Å². The highest BCUT2D eigenvalue weighted by Crippen LogP contribution is 2.34. The molecule has 0 spiro atoms. The molecule has 1 aliphatic rings. The third kappa shape index (κ3) is 2.20. The van der Waals surface area contributed by atoms with Gasteiger partial charge in [0.2, 0.25) is 0 Å². The Kier molecular flexibility index (Phi) is 2.97. The van der Waals surface area contributed by atoms with E-state index >= 15 is 0 Å². The second-order valence-electron chi connectivity index (χ2n) is 4.42. The first-order chi connectivity index (χ1) is 9.25. The molecule has 0 aliphatic carbocycles. The van der Waals surface area contributed by atoms with E-state index in [0.717, 1.165) is 11.3 Å². The first-order valence-corrected chi connectivity index (χ1v) is 6.10. The molecule has 1 aliphatic heterocycles. The largest absolute Gasteiger partial charge is 0.486 e. The van der Waals surface area contributed by atoms with E-state index in [1.807, 2.05) is 36.4 Å². The summed E-state index contributed by atoms with van der Waals surface area (Å²) in [6.07, 6.45) is 1.36. The summed E-state index contributed by atoms with van der Waals surface area (Å²) < 4.78 is 11.5. The molecule has 2 heterocycles. The summed E-state index contributed by atoms with van der Waals surface area (Å²) in [5, 5.41) is 0. The molecule has 5 heteroatoms. The molecule has 0 bridgehead atoms. The number of aromatic nitrogens is 1. The topological polar surface area (TPSA) is 83.4 Å². The molecule has 4 N–H and O–H groups in total. The second-order valence-corrected chi connectivity index (χ2v) is 4.42. The van der Waals surface area contributed by atoms with E-state index in [-0.39, 0.29) is 12.1 Å². The number of nitrogens with two attached hydrogens (primary N) is 2. The summed E-state index contributed by atoms with van der Waals surface area (Å²) in [6.45, 7) is 0.395. The highest BCUT2D eigenvalue weighted by molar-refractivity contribution is 5.44. The number of hydrogen-bond donors (Lipinski definition) is 2. The first-order valence-electron chi connectivity index (χ1n) is 6.10. The van der Waals surface area contributed by atoms with Gasteiger partial charge in [0.15, 0.2) is 17.6 Å². The van der Waals surface area contributed by atoms with Crippen molar-refractivity contribution in [2.45, 2.75) is 12.1 Å². The van der Waals surface area contributed by atoms with Gasteiger partial charge in [-0.15, -0.1) is 0 Å². The summed E-state index contributed by atoms with van der Waals surface area (Å²) in [7, 11) is 0. The molecule has 3 rings (SSSR count). The minimum Gasteiger partial charge on any atom is -0.486 e. The Morgan fingerprint density at radius 2 is 1.95 bits per heavy atom. The molecule has 2 atom stereocenters. The first kappa shape index (κ1) is 11.8. The number of fused-ring (bicyclic) bond motifs is 1. The summed E-state index contributed by atoms with van der Waals surface area (Å²) >= 11 is 0. The van der Waals surface area contributed by atoms with E-state index in [9.17, 15) is 0 Å². The Bertz CT molecular complexity index is 588. The third-order valence-corrected chi connectivity index (χ3v) is 3.16. The van der Waals surface area contributed by atoms with Crippen LogP contribution in [0.5, 0.6) is 11.5 Å². The number of pyridine rings is 1. The molecule has 0 saturated heterocycles. The molecule has 19 heavy (non-hydrogen) atoms. The minimum atomic E-state index is -0.373. The summed E-state index contributed by atoms with van der Waals surface area (Å²) in [6, 6.07) is 10.8. The molecule has 0 radical (unpaired) electrons. The molecule has 5 nitrogen and oxygen atoms in total. The van der Waals surface area contributed by atoms with Gasteiger partial charge in [-0.25, -0.2) is 4.98 Å². The van der Waals surface area contributed by atoms with Gasteiger partial charge in [0.25, 0.3) is 0 Å². The predicted octanol–water partition coefficient (Wildman–Crippen LogP) is 1.50. The van der Waals surface area contributed by atoms with Crippen LogP contribution in [0.15, 0.2) is 42.6 Å². The Balaban J connectivity index is 1.83. The summed E-state index contributed by atoms with van der Waals surface area (Å²) in [5.74, 6) is 1.87. The zero-order valence-electron chi connectivity index (χ0n) is 10.3. The van der Waals surface area contributed by atoms with Crippen LogP contribution in [-0.4, -0.2) is 17.7 Å². The maximum atomic E-state index is 6.20. The van der Waals surface area contributed by atoms with Crippen LogP contribution < -0.4 is 20.9 Å². The van der Waals surface area contributed by atoms with E-state index in [0.29, 0.717) is 18.2 Å². The number of anilines is 1. The molecule has 0 amide bonds. The van der Waals surface area contributed by atoms with Crippen LogP contribution in [-0.2, 0) is 0 Å². The molecule has 0 fully saturated rings. The average molecular weight is 257 g/mol. The number of rotatable bonds is 2. The lowest BCUT2D eigenvalue weighted by molar-refractivity contribution is 0.0722. The Morgan fingerprint density at radius 3 is 2.74 bits per heavy atom. The molecule has 1 aromatic carbocycles. The van der Waals surface area contributed by atoms with Crippen molar-refractivity contribution in [2.24, 2.45) is 5.73 Å². The number of ether oxygens (including phenoxy) is 2. The molecular weight excluding hydrogens is 242 g/mol.